The molecule has 7 heteroatoms. The van der Waals surface area contributed by atoms with Crippen molar-refractivity contribution in [2.45, 2.75) is 17.7 Å². The largest absolute Gasteiger partial charge is 0.497 e. The van der Waals surface area contributed by atoms with Crippen molar-refractivity contribution in [2.75, 3.05) is 19.5 Å². The maximum atomic E-state index is 11.0. The summed E-state index contributed by atoms with van der Waals surface area (Å²) < 4.78 is 11.7. The molecule has 2 N–H and O–H groups in total. The average molecular weight is 338 g/mol. The van der Waals surface area contributed by atoms with Crippen LogP contribution in [0.5, 0.6) is 11.5 Å². The van der Waals surface area contributed by atoms with Crippen LogP contribution in [0.4, 0.5) is 0 Å². The Balaban J connectivity index is 1.77. The minimum Gasteiger partial charge on any atom is -0.497 e. The number of thioether (sulfide) groups is 1. The Labute approximate surface area is 137 Å². The quantitative estimate of drug-likeness (QED) is 0.592. The Kier molecular flexibility index (Phi) is 6.09. The van der Waals surface area contributed by atoms with E-state index in [4.69, 9.17) is 15.2 Å². The molecule has 0 aliphatic rings. The van der Waals surface area contributed by atoms with Gasteiger partial charge in [0.1, 0.15) is 11.5 Å². The number of aromatic nitrogens is 1. The molecule has 5 nitrogen and oxygen atoms in total. The number of rotatable bonds is 8. The number of amides is 1. The topological polar surface area (TPSA) is 74.4 Å². The first-order chi connectivity index (χ1) is 10.6. The Morgan fingerprint density at radius 1 is 1.32 bits per heavy atom. The number of aryl methyl sites for hydroxylation is 1. The molecule has 0 bridgehead atoms. The number of thiazole rings is 1. The van der Waals surface area contributed by atoms with Gasteiger partial charge in [-0.25, -0.2) is 4.98 Å². The zero-order valence-electron chi connectivity index (χ0n) is 12.5. The third-order valence-corrected chi connectivity index (χ3v) is 5.11. The number of carbonyl (C=O) groups is 1. The van der Waals surface area contributed by atoms with Crippen molar-refractivity contribution in [3.05, 3.63) is 34.8 Å². The second kappa shape index (κ2) is 8.05. The molecule has 2 rings (SSSR count). The van der Waals surface area contributed by atoms with Crippen LogP contribution in [0.15, 0.2) is 28.6 Å². The summed E-state index contributed by atoms with van der Waals surface area (Å²) in [7, 11) is 1.63. The van der Waals surface area contributed by atoms with Crippen LogP contribution >= 0.6 is 23.1 Å². The minimum atomic E-state index is -0.328. The number of nitrogens with zero attached hydrogens (tertiary/aromatic N) is 1. The standard InChI is InChI=1S/C15H18N2O3S2/c1-10-13(9-14(16)18)22-15(17-10)21-8-7-20-12-5-3-11(19-2)4-6-12/h3-6H,7-9H2,1-2H3,(H2,16,18). The highest BCUT2D eigenvalue weighted by molar-refractivity contribution is 8.01. The molecule has 22 heavy (non-hydrogen) atoms. The molecule has 1 amide bonds. The van der Waals surface area contributed by atoms with Crippen LogP contribution in [-0.4, -0.2) is 30.4 Å². The number of nitrogens with two attached hydrogens (primary N) is 1. The van der Waals surface area contributed by atoms with Crippen LogP contribution in [0.1, 0.15) is 10.6 Å². The van der Waals surface area contributed by atoms with Crippen molar-refractivity contribution in [1.29, 1.82) is 0 Å². The van der Waals surface area contributed by atoms with E-state index >= 15 is 0 Å². The van der Waals surface area contributed by atoms with Crippen molar-refractivity contribution < 1.29 is 14.3 Å². The number of benzene rings is 1. The second-order valence-corrected chi connectivity index (χ2v) is 6.93. The first-order valence-corrected chi connectivity index (χ1v) is 8.53. The zero-order chi connectivity index (χ0) is 15.9. The van der Waals surface area contributed by atoms with Crippen LogP contribution in [0.25, 0.3) is 0 Å². The number of hydrogen-bond donors (Lipinski definition) is 1. The Morgan fingerprint density at radius 3 is 2.64 bits per heavy atom. The zero-order valence-corrected chi connectivity index (χ0v) is 14.1. The summed E-state index contributed by atoms with van der Waals surface area (Å²) in [4.78, 5) is 16.3. The molecule has 0 fully saturated rings. The predicted molar refractivity (Wildman–Crippen MR) is 89.0 cm³/mol. The number of methoxy groups -OCH3 is 1. The van der Waals surface area contributed by atoms with Gasteiger partial charge in [-0.05, 0) is 31.2 Å². The molecule has 0 radical (unpaired) electrons. The molecule has 0 spiro atoms. The van der Waals surface area contributed by atoms with E-state index in [0.29, 0.717) is 6.61 Å². The summed E-state index contributed by atoms with van der Waals surface area (Å²) in [5.74, 6) is 2.08. The molecule has 1 aromatic heterocycles. The van der Waals surface area contributed by atoms with Crippen LogP contribution < -0.4 is 15.2 Å². The summed E-state index contributed by atoms with van der Waals surface area (Å²) >= 11 is 3.13. The fourth-order valence-electron chi connectivity index (χ4n) is 1.75. The van der Waals surface area contributed by atoms with Crippen LogP contribution in [0, 0.1) is 6.92 Å². The van der Waals surface area contributed by atoms with E-state index in [2.05, 4.69) is 4.98 Å². The molecule has 0 saturated heterocycles. The highest BCUT2D eigenvalue weighted by atomic mass is 32.2. The van der Waals surface area contributed by atoms with Crippen molar-refractivity contribution in [3.8, 4) is 11.5 Å². The lowest BCUT2D eigenvalue weighted by molar-refractivity contribution is -0.117. The molecule has 0 aliphatic carbocycles. The lowest BCUT2D eigenvalue weighted by Gasteiger charge is -2.06. The summed E-state index contributed by atoms with van der Waals surface area (Å²) in [5.41, 5.74) is 6.09. The molecular weight excluding hydrogens is 320 g/mol. The summed E-state index contributed by atoms with van der Waals surface area (Å²) in [5, 5.41) is 0. The van der Waals surface area contributed by atoms with Crippen molar-refractivity contribution >= 4 is 29.0 Å². The van der Waals surface area contributed by atoms with E-state index in [0.717, 1.165) is 32.2 Å². The van der Waals surface area contributed by atoms with E-state index < -0.39 is 0 Å². The average Bonchev–Trinajstić information content (AvgIpc) is 2.84. The van der Waals surface area contributed by atoms with Crippen LogP contribution in [0.2, 0.25) is 0 Å². The third kappa shape index (κ3) is 4.92. The molecule has 118 valence electrons. The van der Waals surface area contributed by atoms with E-state index in [1.807, 2.05) is 31.2 Å². The van der Waals surface area contributed by atoms with Gasteiger partial charge in [0.05, 0.1) is 25.8 Å². The van der Waals surface area contributed by atoms with Gasteiger partial charge < -0.3 is 15.2 Å². The van der Waals surface area contributed by atoms with Crippen molar-refractivity contribution in [2.24, 2.45) is 5.73 Å². The Hall–Kier alpha value is -1.73. The van der Waals surface area contributed by atoms with E-state index in [1.165, 1.54) is 11.3 Å². The number of carbonyl (C=O) groups excluding carboxylic acids is 1. The first-order valence-electron chi connectivity index (χ1n) is 6.72. The van der Waals surface area contributed by atoms with Gasteiger partial charge in [-0.1, -0.05) is 11.8 Å². The molecule has 0 aliphatic heterocycles. The maximum Gasteiger partial charge on any atom is 0.222 e. The van der Waals surface area contributed by atoms with Gasteiger partial charge in [0.2, 0.25) is 5.91 Å². The monoisotopic (exact) mass is 338 g/mol. The SMILES string of the molecule is COc1ccc(OCCSc2nc(C)c(CC(N)=O)s2)cc1. The van der Waals surface area contributed by atoms with Crippen molar-refractivity contribution in [3.63, 3.8) is 0 Å². The van der Waals surface area contributed by atoms with Gasteiger partial charge in [-0.15, -0.1) is 11.3 Å². The van der Waals surface area contributed by atoms with Gasteiger partial charge in [-0.3, -0.25) is 4.79 Å². The molecular formula is C15H18N2O3S2. The number of primary amides is 1. The molecule has 0 unspecified atom stereocenters. The van der Waals surface area contributed by atoms with Gasteiger partial charge in [-0.2, -0.15) is 0 Å². The van der Waals surface area contributed by atoms with E-state index in [1.54, 1.807) is 18.9 Å². The molecule has 1 aromatic carbocycles. The lowest BCUT2D eigenvalue weighted by Crippen LogP contribution is -2.13. The van der Waals surface area contributed by atoms with Gasteiger partial charge >= 0.3 is 0 Å². The number of hydrogen-bond acceptors (Lipinski definition) is 6. The maximum absolute atomic E-state index is 11.0. The Morgan fingerprint density at radius 2 is 2.00 bits per heavy atom. The normalized spacial score (nSPS) is 10.5. The summed E-state index contributed by atoms with van der Waals surface area (Å²) in [6.07, 6.45) is 0.256. The molecule has 0 atom stereocenters. The summed E-state index contributed by atoms with van der Waals surface area (Å²) in [6, 6.07) is 7.48. The van der Waals surface area contributed by atoms with Crippen LogP contribution in [0.3, 0.4) is 0 Å². The second-order valence-electron chi connectivity index (χ2n) is 4.50. The van der Waals surface area contributed by atoms with Gasteiger partial charge in [0, 0.05) is 10.6 Å². The highest BCUT2D eigenvalue weighted by Crippen LogP contribution is 2.27. The predicted octanol–water partition coefficient (Wildman–Crippen LogP) is 2.66. The molecule has 2 aromatic rings. The van der Waals surface area contributed by atoms with E-state index in [9.17, 15) is 4.79 Å². The first kappa shape index (κ1) is 16.6. The smallest absolute Gasteiger partial charge is 0.222 e. The molecule has 1 heterocycles. The fraction of sp³-hybridized carbons (Fsp3) is 0.333. The summed E-state index contributed by atoms with van der Waals surface area (Å²) in [6.45, 7) is 2.48. The third-order valence-electron chi connectivity index (χ3n) is 2.84. The van der Waals surface area contributed by atoms with Crippen molar-refractivity contribution in [1.82, 2.24) is 4.98 Å². The molecule has 0 saturated carbocycles. The van der Waals surface area contributed by atoms with Gasteiger partial charge in [0.15, 0.2) is 4.34 Å². The fourth-order valence-corrected chi connectivity index (χ4v) is 3.88. The minimum absolute atomic E-state index is 0.256. The highest BCUT2D eigenvalue weighted by Gasteiger charge is 2.10. The Bertz CT molecular complexity index is 626. The lowest BCUT2D eigenvalue weighted by atomic mass is 10.3. The van der Waals surface area contributed by atoms with Crippen LogP contribution in [-0.2, 0) is 11.2 Å². The van der Waals surface area contributed by atoms with E-state index in [-0.39, 0.29) is 12.3 Å². The van der Waals surface area contributed by atoms with Gasteiger partial charge in [0.25, 0.3) is 0 Å². The number of ether oxygens (including phenoxy) is 2.